The molecule has 0 bridgehead atoms. The number of ether oxygens (including phenoxy) is 5. The molecule has 2 aliphatic heterocycles. The molecule has 0 N–H and O–H groups in total. The number of para-hydroxylation sites is 1. The number of anilines is 4. The number of halogens is 1. The molecule has 17 nitrogen and oxygen atoms in total. The zero-order valence-corrected chi connectivity index (χ0v) is 35.2. The highest BCUT2D eigenvalue weighted by Gasteiger charge is 2.24. The van der Waals surface area contributed by atoms with Crippen LogP contribution in [0.3, 0.4) is 0 Å². The second-order valence-corrected chi connectivity index (χ2v) is 14.5. The number of hydrogen-bond donors (Lipinski definition) is 0. The van der Waals surface area contributed by atoms with E-state index in [1.807, 2.05) is 54.6 Å². The van der Waals surface area contributed by atoms with Crippen LogP contribution in [-0.2, 0) is 0 Å². The predicted molar refractivity (Wildman–Crippen MR) is 232 cm³/mol. The number of piperazine rings is 2. The summed E-state index contributed by atoms with van der Waals surface area (Å²) in [5, 5.41) is 1.88. The molecule has 0 atom stereocenters. The molecule has 2 aliphatic rings. The first kappa shape index (κ1) is 40.0. The number of rotatable bonds is 10. The third-order valence-electron chi connectivity index (χ3n) is 10.2. The molecule has 0 spiro atoms. The molecule has 18 heteroatoms. The standard InChI is InChI=1S/C24H24N6O3.C18H19BrN6O2/c1-31-21-12-19-20(13-22(21)32-2)27-16-28-23(19)29-8-10-30(11-9-29)24-25-14-18(15-26-24)33-17-6-4-3-5-7-17;1-26-15-7-13-14(8-16(15)27-2)22-11-23-17(13)24-3-5-25(6-4-24)18-20-9-12(19)10-21-18/h3-7,12-16H,8-11H2,1-2H3;7-11H,3-6H2,1-2H3. The number of methoxy groups -OCH3 is 4. The molecule has 4 aromatic heterocycles. The van der Waals surface area contributed by atoms with Crippen LogP contribution in [0.2, 0.25) is 0 Å². The van der Waals surface area contributed by atoms with Gasteiger partial charge in [0.2, 0.25) is 11.9 Å². The van der Waals surface area contributed by atoms with E-state index in [1.165, 1.54) is 0 Å². The maximum absolute atomic E-state index is 5.79. The molecule has 0 amide bonds. The highest BCUT2D eigenvalue weighted by atomic mass is 79.9. The molecule has 308 valence electrons. The second-order valence-electron chi connectivity index (χ2n) is 13.6. The molecule has 2 fully saturated rings. The molecule has 0 aliphatic carbocycles. The van der Waals surface area contributed by atoms with Gasteiger partial charge in [0.1, 0.15) is 30.0 Å². The van der Waals surface area contributed by atoms with Gasteiger partial charge in [-0.2, -0.15) is 0 Å². The van der Waals surface area contributed by atoms with Crippen molar-refractivity contribution in [3.8, 4) is 34.5 Å². The molecule has 0 radical (unpaired) electrons. The number of fused-ring (bicyclic) bond motifs is 2. The van der Waals surface area contributed by atoms with E-state index in [9.17, 15) is 0 Å². The average Bonchev–Trinajstić information content (AvgIpc) is 3.31. The SMILES string of the molecule is COc1cc2ncnc(N3CCN(c4ncc(Br)cn4)CC3)c2cc1OC.COc1cc2ncnc(N3CCN(c4ncc(Oc5ccccc5)cn4)CC3)c2cc1OC. The molecular formula is C42H43BrN12O5. The third-order valence-corrected chi connectivity index (χ3v) is 10.6. The van der Waals surface area contributed by atoms with Crippen molar-refractivity contribution in [3.05, 3.63) is 96.5 Å². The van der Waals surface area contributed by atoms with Crippen molar-refractivity contribution >= 4 is 61.3 Å². The summed E-state index contributed by atoms with van der Waals surface area (Å²) >= 11 is 3.37. The van der Waals surface area contributed by atoms with E-state index >= 15 is 0 Å². The largest absolute Gasteiger partial charge is 0.493 e. The van der Waals surface area contributed by atoms with E-state index in [4.69, 9.17) is 23.7 Å². The van der Waals surface area contributed by atoms with Crippen molar-refractivity contribution in [2.24, 2.45) is 0 Å². The van der Waals surface area contributed by atoms with Gasteiger partial charge < -0.3 is 43.3 Å². The fraction of sp³-hybridized carbons (Fsp3) is 0.286. The van der Waals surface area contributed by atoms with Gasteiger partial charge >= 0.3 is 0 Å². The van der Waals surface area contributed by atoms with Gasteiger partial charge in [0, 0.05) is 87.7 Å². The summed E-state index contributed by atoms with van der Waals surface area (Å²) in [7, 11) is 6.49. The van der Waals surface area contributed by atoms with Crippen molar-refractivity contribution in [3.63, 3.8) is 0 Å². The Bertz CT molecular complexity index is 2520. The van der Waals surface area contributed by atoms with Crippen LogP contribution >= 0.6 is 15.9 Å². The van der Waals surface area contributed by atoms with Crippen LogP contribution in [0.25, 0.3) is 21.8 Å². The number of benzene rings is 3. The Balaban J connectivity index is 0.000000170. The maximum atomic E-state index is 5.79. The molecule has 0 unspecified atom stereocenters. The normalized spacial score (nSPS) is 14.1. The lowest BCUT2D eigenvalue weighted by molar-refractivity contribution is 0.356. The highest BCUT2D eigenvalue weighted by molar-refractivity contribution is 9.10. The van der Waals surface area contributed by atoms with Gasteiger partial charge in [-0.3, -0.25) is 0 Å². The summed E-state index contributed by atoms with van der Waals surface area (Å²) in [6.45, 7) is 6.40. The summed E-state index contributed by atoms with van der Waals surface area (Å²) in [6, 6.07) is 17.2. The van der Waals surface area contributed by atoms with E-state index in [1.54, 1.807) is 65.9 Å². The van der Waals surface area contributed by atoms with E-state index in [0.29, 0.717) is 34.7 Å². The van der Waals surface area contributed by atoms with Gasteiger partial charge in [0.05, 0.1) is 56.3 Å². The molecule has 9 rings (SSSR count). The minimum atomic E-state index is 0.611. The van der Waals surface area contributed by atoms with Crippen molar-refractivity contribution in [1.82, 2.24) is 39.9 Å². The van der Waals surface area contributed by atoms with Crippen molar-refractivity contribution in [2.75, 3.05) is 100 Å². The van der Waals surface area contributed by atoms with Gasteiger partial charge in [0.25, 0.3) is 0 Å². The molecular weight excluding hydrogens is 832 g/mol. The zero-order chi connectivity index (χ0) is 41.4. The van der Waals surface area contributed by atoms with Crippen LogP contribution in [0, 0.1) is 0 Å². The van der Waals surface area contributed by atoms with Gasteiger partial charge in [-0.15, -0.1) is 0 Å². The van der Waals surface area contributed by atoms with E-state index in [-0.39, 0.29) is 0 Å². The Morgan fingerprint density at radius 3 is 1.28 bits per heavy atom. The molecule has 60 heavy (non-hydrogen) atoms. The molecule has 2 saturated heterocycles. The fourth-order valence-corrected chi connectivity index (χ4v) is 7.30. The third kappa shape index (κ3) is 8.78. The van der Waals surface area contributed by atoms with Crippen LogP contribution in [0.4, 0.5) is 23.5 Å². The van der Waals surface area contributed by atoms with Crippen molar-refractivity contribution < 1.29 is 23.7 Å². The number of nitrogens with zero attached hydrogens (tertiary/aromatic N) is 12. The highest BCUT2D eigenvalue weighted by Crippen LogP contribution is 2.36. The van der Waals surface area contributed by atoms with Crippen LogP contribution in [0.5, 0.6) is 34.5 Å². The minimum Gasteiger partial charge on any atom is -0.493 e. The quantitative estimate of drug-likeness (QED) is 0.155. The Morgan fingerprint density at radius 1 is 0.450 bits per heavy atom. The van der Waals surface area contributed by atoms with Gasteiger partial charge in [-0.1, -0.05) is 18.2 Å². The summed E-state index contributed by atoms with van der Waals surface area (Å²) in [5.74, 6) is 7.22. The van der Waals surface area contributed by atoms with Crippen LogP contribution in [0.1, 0.15) is 0 Å². The molecule has 7 aromatic rings. The zero-order valence-electron chi connectivity index (χ0n) is 33.6. The number of aromatic nitrogens is 8. The minimum absolute atomic E-state index is 0.611. The first-order valence-electron chi connectivity index (χ1n) is 19.2. The predicted octanol–water partition coefficient (Wildman–Crippen LogP) is 6.08. The molecule has 3 aromatic carbocycles. The van der Waals surface area contributed by atoms with Crippen LogP contribution in [0.15, 0.2) is 96.5 Å². The Morgan fingerprint density at radius 2 is 0.850 bits per heavy atom. The second kappa shape index (κ2) is 18.4. The lowest BCUT2D eigenvalue weighted by atomic mass is 10.2. The smallest absolute Gasteiger partial charge is 0.225 e. The lowest BCUT2D eigenvalue weighted by Gasteiger charge is -2.35. The first-order chi connectivity index (χ1) is 29.4. The van der Waals surface area contributed by atoms with Crippen LogP contribution < -0.4 is 43.3 Å². The topological polar surface area (TPSA) is 162 Å². The van der Waals surface area contributed by atoms with E-state index in [0.717, 1.165) is 102 Å². The first-order valence-corrected chi connectivity index (χ1v) is 20.0. The van der Waals surface area contributed by atoms with Crippen molar-refractivity contribution in [1.29, 1.82) is 0 Å². The maximum Gasteiger partial charge on any atom is 0.225 e. The molecule has 6 heterocycles. The van der Waals surface area contributed by atoms with Gasteiger partial charge in [-0.05, 0) is 40.2 Å². The van der Waals surface area contributed by atoms with Gasteiger partial charge in [-0.25, -0.2) is 39.9 Å². The Hall–Kier alpha value is -6.82. The van der Waals surface area contributed by atoms with Crippen molar-refractivity contribution in [2.45, 2.75) is 0 Å². The lowest BCUT2D eigenvalue weighted by Crippen LogP contribution is -2.47. The van der Waals surface area contributed by atoms with Crippen LogP contribution in [-0.4, -0.2) is 121 Å². The Kier molecular flexibility index (Phi) is 12.3. The summed E-state index contributed by atoms with van der Waals surface area (Å²) in [6.07, 6.45) is 10.1. The summed E-state index contributed by atoms with van der Waals surface area (Å²) in [5.41, 5.74) is 1.65. The number of hydrogen-bond acceptors (Lipinski definition) is 17. The van der Waals surface area contributed by atoms with E-state index in [2.05, 4.69) is 75.4 Å². The summed E-state index contributed by atoms with van der Waals surface area (Å²) < 4.78 is 28.4. The monoisotopic (exact) mass is 874 g/mol. The Labute approximate surface area is 355 Å². The van der Waals surface area contributed by atoms with E-state index < -0.39 is 0 Å². The fourth-order valence-electron chi connectivity index (χ4n) is 7.10. The van der Waals surface area contributed by atoms with Gasteiger partial charge in [0.15, 0.2) is 28.7 Å². The molecule has 0 saturated carbocycles. The summed E-state index contributed by atoms with van der Waals surface area (Å²) in [4.78, 5) is 44.5. The average molecular weight is 876 g/mol.